The Kier molecular flexibility index (Phi) is 7.53. The minimum absolute atomic E-state index is 0.188. The molecule has 6 N–H and O–H groups in total. The Morgan fingerprint density at radius 3 is 2.54 bits per heavy atom. The van der Waals surface area contributed by atoms with E-state index in [4.69, 9.17) is 38.4 Å². The van der Waals surface area contributed by atoms with Gasteiger partial charge in [0.15, 0.2) is 0 Å². The minimum Gasteiger partial charge on any atom is -0.448 e. The third kappa shape index (κ3) is 5.73. The van der Waals surface area contributed by atoms with Gasteiger partial charge in [0.25, 0.3) is 6.35 Å². The van der Waals surface area contributed by atoms with E-state index in [2.05, 4.69) is 11.1 Å². The SMILES string of the molecule is N#Cc1ccc(Cl)c(OC2N=C(Cc3ccccc3)C(N)=C(Oc3cccc(CCN)c3)N2N)c1. The van der Waals surface area contributed by atoms with Crippen LogP contribution in [0.2, 0.25) is 5.02 Å². The Hall–Kier alpha value is -4.03. The summed E-state index contributed by atoms with van der Waals surface area (Å²) in [6.07, 6.45) is 0.111. The minimum atomic E-state index is -1.03. The molecule has 1 aliphatic rings. The number of allylic oxidation sites excluding steroid dienone is 1. The van der Waals surface area contributed by atoms with Crippen LogP contribution in [0.15, 0.2) is 89.4 Å². The first-order valence-corrected chi connectivity index (χ1v) is 11.3. The average molecular weight is 489 g/mol. The zero-order valence-electron chi connectivity index (χ0n) is 18.9. The molecule has 1 aliphatic heterocycles. The smallest absolute Gasteiger partial charge is 0.286 e. The Morgan fingerprint density at radius 2 is 1.80 bits per heavy atom. The Balaban J connectivity index is 1.70. The molecular formula is C26H25ClN6O2. The topological polar surface area (TPSA) is 136 Å². The van der Waals surface area contributed by atoms with Gasteiger partial charge in [0.05, 0.1) is 22.4 Å². The predicted molar refractivity (Wildman–Crippen MR) is 135 cm³/mol. The molecule has 0 aromatic heterocycles. The van der Waals surface area contributed by atoms with Crippen molar-refractivity contribution in [3.63, 3.8) is 0 Å². The van der Waals surface area contributed by atoms with Crippen molar-refractivity contribution >= 4 is 17.3 Å². The van der Waals surface area contributed by atoms with Crippen LogP contribution in [0.4, 0.5) is 0 Å². The first kappa shape index (κ1) is 24.1. The quantitative estimate of drug-likeness (QED) is 0.413. The van der Waals surface area contributed by atoms with Gasteiger partial charge >= 0.3 is 0 Å². The standard InChI is InChI=1S/C26H25ClN6O2/c27-21-10-9-19(16-29)15-23(21)35-26-32-22(14-17-5-2-1-3-6-17)24(30)25(33(26)31)34-20-8-4-7-18(13-20)11-12-28/h1-10,13,15,26H,11-12,14,28,30-31H2. The number of nitriles is 1. The van der Waals surface area contributed by atoms with Crippen LogP contribution >= 0.6 is 11.6 Å². The lowest BCUT2D eigenvalue weighted by Crippen LogP contribution is -2.49. The van der Waals surface area contributed by atoms with Gasteiger partial charge < -0.3 is 20.9 Å². The average Bonchev–Trinajstić information content (AvgIpc) is 2.87. The van der Waals surface area contributed by atoms with Crippen LogP contribution in [0.3, 0.4) is 0 Å². The first-order valence-electron chi connectivity index (χ1n) is 11.0. The lowest BCUT2D eigenvalue weighted by atomic mass is 10.1. The molecule has 0 amide bonds. The van der Waals surface area contributed by atoms with Gasteiger partial charge in [0, 0.05) is 6.42 Å². The summed E-state index contributed by atoms with van der Waals surface area (Å²) in [5.74, 6) is 7.39. The van der Waals surface area contributed by atoms with Crippen LogP contribution in [0, 0.1) is 11.3 Å². The summed E-state index contributed by atoms with van der Waals surface area (Å²) >= 11 is 6.31. The van der Waals surface area contributed by atoms with E-state index in [1.165, 1.54) is 11.1 Å². The van der Waals surface area contributed by atoms with Crippen LogP contribution in [-0.2, 0) is 12.8 Å². The second-order valence-electron chi connectivity index (χ2n) is 7.85. The number of hydrazine groups is 1. The lowest BCUT2D eigenvalue weighted by Gasteiger charge is -2.33. The van der Waals surface area contributed by atoms with Gasteiger partial charge in [-0.3, -0.25) is 0 Å². The van der Waals surface area contributed by atoms with E-state index in [-0.39, 0.29) is 17.3 Å². The molecule has 1 atom stereocenters. The van der Waals surface area contributed by atoms with E-state index in [9.17, 15) is 5.26 Å². The van der Waals surface area contributed by atoms with Crippen LogP contribution in [0.5, 0.6) is 11.5 Å². The van der Waals surface area contributed by atoms with Crippen molar-refractivity contribution in [3.05, 3.63) is 106 Å². The van der Waals surface area contributed by atoms with Crippen molar-refractivity contribution in [3.8, 4) is 17.6 Å². The highest BCUT2D eigenvalue weighted by atomic mass is 35.5. The molecule has 0 radical (unpaired) electrons. The Morgan fingerprint density at radius 1 is 1.03 bits per heavy atom. The molecule has 1 heterocycles. The summed E-state index contributed by atoms with van der Waals surface area (Å²) in [7, 11) is 0. The van der Waals surface area contributed by atoms with Crippen molar-refractivity contribution in [1.29, 1.82) is 5.26 Å². The van der Waals surface area contributed by atoms with Gasteiger partial charge in [0.2, 0.25) is 5.88 Å². The zero-order valence-corrected chi connectivity index (χ0v) is 19.7. The second kappa shape index (κ2) is 10.9. The molecule has 178 valence electrons. The summed E-state index contributed by atoms with van der Waals surface area (Å²) in [4.78, 5) is 4.64. The summed E-state index contributed by atoms with van der Waals surface area (Å²) < 4.78 is 12.2. The highest BCUT2D eigenvalue weighted by molar-refractivity contribution is 6.32. The monoisotopic (exact) mass is 488 g/mol. The van der Waals surface area contributed by atoms with Gasteiger partial charge in [-0.15, -0.1) is 0 Å². The first-order chi connectivity index (χ1) is 17.0. The number of benzene rings is 3. The molecule has 3 aromatic rings. The molecule has 0 fully saturated rings. The molecule has 8 nitrogen and oxygen atoms in total. The number of halogens is 1. The number of hydrogen-bond acceptors (Lipinski definition) is 8. The summed E-state index contributed by atoms with van der Waals surface area (Å²) in [5.41, 5.74) is 15.4. The number of aliphatic imine (C=N–C) groups is 1. The van der Waals surface area contributed by atoms with Crippen molar-refractivity contribution < 1.29 is 9.47 Å². The number of nitrogens with two attached hydrogens (primary N) is 3. The zero-order chi connectivity index (χ0) is 24.8. The summed E-state index contributed by atoms with van der Waals surface area (Å²) in [6, 6.07) is 24.1. The highest BCUT2D eigenvalue weighted by Gasteiger charge is 2.31. The van der Waals surface area contributed by atoms with Gasteiger partial charge in [-0.25, -0.2) is 15.8 Å². The van der Waals surface area contributed by atoms with Crippen LogP contribution in [0.1, 0.15) is 16.7 Å². The maximum absolute atomic E-state index is 9.26. The van der Waals surface area contributed by atoms with Crippen LogP contribution in [0.25, 0.3) is 0 Å². The number of ether oxygens (including phenoxy) is 2. The molecule has 0 aliphatic carbocycles. The number of rotatable bonds is 8. The molecule has 9 heteroatoms. The fourth-order valence-corrected chi connectivity index (χ4v) is 3.73. The van der Waals surface area contributed by atoms with E-state index in [1.807, 2.05) is 48.5 Å². The van der Waals surface area contributed by atoms with Gasteiger partial charge in [-0.05, 0) is 54.4 Å². The molecule has 1 unspecified atom stereocenters. The normalized spacial score (nSPS) is 15.4. The van der Waals surface area contributed by atoms with Crippen LogP contribution < -0.4 is 26.8 Å². The number of hydrogen-bond donors (Lipinski definition) is 3. The van der Waals surface area contributed by atoms with Crippen molar-refractivity contribution in [2.45, 2.75) is 19.2 Å². The molecule has 0 spiro atoms. The van der Waals surface area contributed by atoms with Gasteiger partial charge in [-0.1, -0.05) is 54.1 Å². The maximum atomic E-state index is 9.26. The second-order valence-corrected chi connectivity index (χ2v) is 8.26. The third-order valence-corrected chi connectivity index (χ3v) is 5.65. The van der Waals surface area contributed by atoms with E-state index in [0.717, 1.165) is 11.1 Å². The third-order valence-electron chi connectivity index (χ3n) is 5.33. The molecule has 3 aromatic carbocycles. The Labute approximate surface area is 208 Å². The van der Waals surface area contributed by atoms with Gasteiger partial charge in [0.1, 0.15) is 17.2 Å². The molecule has 0 saturated heterocycles. The molecular weight excluding hydrogens is 464 g/mol. The van der Waals surface area contributed by atoms with E-state index < -0.39 is 6.35 Å². The molecule has 0 bridgehead atoms. The summed E-state index contributed by atoms with van der Waals surface area (Å²) in [5, 5.41) is 10.8. The Bertz CT molecular complexity index is 1300. The highest BCUT2D eigenvalue weighted by Crippen LogP contribution is 2.30. The lowest BCUT2D eigenvalue weighted by molar-refractivity contribution is 0.0226. The largest absolute Gasteiger partial charge is 0.448 e. The fraction of sp³-hybridized carbons (Fsp3) is 0.154. The molecule has 35 heavy (non-hydrogen) atoms. The summed E-state index contributed by atoms with van der Waals surface area (Å²) in [6.45, 7) is 0.517. The fourth-order valence-electron chi connectivity index (χ4n) is 3.57. The van der Waals surface area contributed by atoms with E-state index in [1.54, 1.807) is 18.2 Å². The maximum Gasteiger partial charge on any atom is 0.286 e. The molecule has 4 rings (SSSR count). The van der Waals surface area contributed by atoms with Crippen molar-refractivity contribution in [2.75, 3.05) is 6.54 Å². The van der Waals surface area contributed by atoms with Gasteiger partial charge in [-0.2, -0.15) is 5.26 Å². The number of nitrogens with zero attached hydrogens (tertiary/aromatic N) is 3. The van der Waals surface area contributed by atoms with Crippen molar-refractivity contribution in [2.24, 2.45) is 22.3 Å². The van der Waals surface area contributed by atoms with Crippen molar-refractivity contribution in [1.82, 2.24) is 5.01 Å². The van der Waals surface area contributed by atoms with E-state index in [0.29, 0.717) is 41.4 Å². The van der Waals surface area contributed by atoms with E-state index >= 15 is 0 Å². The predicted octanol–water partition coefficient (Wildman–Crippen LogP) is 3.46. The van der Waals surface area contributed by atoms with Crippen LogP contribution in [-0.4, -0.2) is 23.6 Å². The molecule has 0 saturated carbocycles.